The minimum absolute atomic E-state index is 0.0370. The van der Waals surface area contributed by atoms with Crippen LogP contribution in [0.15, 0.2) is 53.3 Å². The molecular weight excluding hydrogens is 376 g/mol. The average molecular weight is 400 g/mol. The topological polar surface area (TPSA) is 70.5 Å². The first-order valence-electron chi connectivity index (χ1n) is 9.26. The molecule has 0 aliphatic rings. The van der Waals surface area contributed by atoms with Gasteiger partial charge in [-0.1, -0.05) is 35.9 Å². The van der Waals surface area contributed by atoms with Crippen molar-refractivity contribution in [2.24, 2.45) is 0 Å². The Morgan fingerprint density at radius 2 is 1.89 bits per heavy atom. The molecule has 6 nitrogen and oxygen atoms in total. The van der Waals surface area contributed by atoms with E-state index in [-0.39, 0.29) is 11.5 Å². The summed E-state index contributed by atoms with van der Waals surface area (Å²) in [6.07, 6.45) is 0. The van der Waals surface area contributed by atoms with Gasteiger partial charge in [-0.25, -0.2) is 4.98 Å². The number of carbonyl (C=O) groups is 1. The molecular formula is C21H24ClN4O2+. The maximum atomic E-state index is 12.6. The highest BCUT2D eigenvalue weighted by Crippen LogP contribution is 2.11. The Labute approximate surface area is 168 Å². The molecule has 1 heterocycles. The van der Waals surface area contributed by atoms with Gasteiger partial charge >= 0.3 is 0 Å². The number of carbonyl (C=O) groups excluding carboxylic acids is 1. The number of hydrogen-bond donors (Lipinski definition) is 2. The average Bonchev–Trinajstić information content (AvgIpc) is 2.69. The van der Waals surface area contributed by atoms with Crippen molar-refractivity contribution < 1.29 is 9.69 Å². The Balaban J connectivity index is 1.65. The van der Waals surface area contributed by atoms with Crippen molar-refractivity contribution >= 4 is 28.4 Å². The number of hydrogen-bond acceptors (Lipinski definition) is 3. The summed E-state index contributed by atoms with van der Waals surface area (Å²) in [5, 5.41) is 1.25. The van der Waals surface area contributed by atoms with E-state index in [0.29, 0.717) is 41.4 Å². The van der Waals surface area contributed by atoms with Crippen LogP contribution in [-0.2, 0) is 17.9 Å². The molecule has 1 aromatic heterocycles. The van der Waals surface area contributed by atoms with Gasteiger partial charge in [0.05, 0.1) is 17.4 Å². The molecule has 146 valence electrons. The molecule has 1 amide bonds. The highest BCUT2D eigenvalue weighted by molar-refractivity contribution is 6.30. The third kappa shape index (κ3) is 4.97. The molecule has 0 bridgehead atoms. The van der Waals surface area contributed by atoms with Crippen LogP contribution in [-0.4, -0.2) is 40.9 Å². The second kappa shape index (κ2) is 8.99. The third-order valence-corrected chi connectivity index (χ3v) is 4.99. The van der Waals surface area contributed by atoms with Gasteiger partial charge in [-0.3, -0.25) is 9.59 Å². The van der Waals surface area contributed by atoms with Gasteiger partial charge in [0.15, 0.2) is 12.4 Å². The summed E-state index contributed by atoms with van der Waals surface area (Å²) in [6.45, 7) is 4.10. The van der Waals surface area contributed by atoms with Crippen molar-refractivity contribution in [1.82, 2.24) is 14.9 Å². The van der Waals surface area contributed by atoms with E-state index in [1.165, 1.54) is 0 Å². The van der Waals surface area contributed by atoms with Crippen LogP contribution < -0.4 is 10.5 Å². The van der Waals surface area contributed by atoms with E-state index in [1.807, 2.05) is 49.4 Å². The summed E-state index contributed by atoms with van der Waals surface area (Å²) < 4.78 is 0. The minimum atomic E-state index is -0.151. The van der Waals surface area contributed by atoms with Crippen LogP contribution in [0.1, 0.15) is 18.3 Å². The van der Waals surface area contributed by atoms with Gasteiger partial charge in [0.25, 0.3) is 11.5 Å². The van der Waals surface area contributed by atoms with Crippen molar-refractivity contribution in [3.8, 4) is 0 Å². The molecule has 0 spiro atoms. The first kappa shape index (κ1) is 20.0. The van der Waals surface area contributed by atoms with E-state index < -0.39 is 0 Å². The Kier molecular flexibility index (Phi) is 6.44. The number of fused-ring (bicyclic) bond motifs is 1. The highest BCUT2D eigenvalue weighted by atomic mass is 35.5. The van der Waals surface area contributed by atoms with Crippen molar-refractivity contribution in [1.29, 1.82) is 0 Å². The largest absolute Gasteiger partial charge is 0.337 e. The number of rotatable bonds is 7. The molecule has 2 aromatic carbocycles. The van der Waals surface area contributed by atoms with Gasteiger partial charge in [-0.2, -0.15) is 0 Å². The Hall–Kier alpha value is -2.70. The number of amides is 1. The predicted molar refractivity (Wildman–Crippen MR) is 110 cm³/mol. The maximum absolute atomic E-state index is 12.6. The lowest BCUT2D eigenvalue weighted by molar-refractivity contribution is -0.905. The molecule has 0 aliphatic heterocycles. The number of benzene rings is 2. The number of quaternary nitrogens is 1. The van der Waals surface area contributed by atoms with Crippen molar-refractivity contribution in [2.45, 2.75) is 20.0 Å². The van der Waals surface area contributed by atoms with Crippen LogP contribution >= 0.6 is 11.6 Å². The number of aromatic amines is 1. The number of H-pyrrole nitrogens is 1. The molecule has 7 heteroatoms. The van der Waals surface area contributed by atoms with E-state index >= 15 is 0 Å². The zero-order valence-electron chi connectivity index (χ0n) is 16.0. The quantitative estimate of drug-likeness (QED) is 0.634. The van der Waals surface area contributed by atoms with Crippen LogP contribution in [0.3, 0.4) is 0 Å². The first-order chi connectivity index (χ1) is 13.5. The second-order valence-electron chi connectivity index (χ2n) is 6.86. The van der Waals surface area contributed by atoms with Gasteiger partial charge in [-0.15, -0.1) is 0 Å². The number of likely N-dealkylation sites (N-methyl/N-ethyl adjacent to an activating group) is 2. The zero-order valence-corrected chi connectivity index (χ0v) is 16.8. The molecule has 28 heavy (non-hydrogen) atoms. The van der Waals surface area contributed by atoms with E-state index in [2.05, 4.69) is 9.97 Å². The van der Waals surface area contributed by atoms with Crippen molar-refractivity contribution in [2.75, 3.05) is 20.1 Å². The Bertz CT molecular complexity index is 1020. The van der Waals surface area contributed by atoms with Gasteiger partial charge in [0, 0.05) is 18.6 Å². The van der Waals surface area contributed by atoms with Gasteiger partial charge < -0.3 is 14.8 Å². The fourth-order valence-corrected chi connectivity index (χ4v) is 3.19. The molecule has 3 aromatic rings. The van der Waals surface area contributed by atoms with E-state index in [1.54, 1.807) is 18.0 Å². The minimum Gasteiger partial charge on any atom is -0.337 e. The standard InChI is InChI=1S/C21H23ClN4O2/c1-3-26(13-19-23-18-7-5-4-6-17(18)21(28)24-19)14-20(27)25(2)12-15-8-10-16(22)11-9-15/h4-11H,3,12-14H2,1-2H3,(H,23,24,28)/p+1. The summed E-state index contributed by atoms with van der Waals surface area (Å²) in [4.78, 5) is 35.0. The summed E-state index contributed by atoms with van der Waals surface area (Å²) in [6, 6.07) is 14.7. The predicted octanol–water partition coefficient (Wildman–Crippen LogP) is 1.64. The van der Waals surface area contributed by atoms with Gasteiger partial charge in [0.2, 0.25) is 0 Å². The molecule has 3 rings (SSSR count). The van der Waals surface area contributed by atoms with Gasteiger partial charge in [-0.05, 0) is 36.8 Å². The van der Waals surface area contributed by atoms with Crippen molar-refractivity contribution in [3.63, 3.8) is 0 Å². The van der Waals surface area contributed by atoms with Crippen LogP contribution in [0.2, 0.25) is 5.02 Å². The SMILES string of the molecule is CC[NH+](CC(=O)N(C)Cc1ccc(Cl)cc1)Cc1nc2ccccc2c(=O)[nH]1. The number of nitrogens with one attached hydrogen (secondary N) is 2. The third-order valence-electron chi connectivity index (χ3n) is 4.74. The Morgan fingerprint density at radius 3 is 2.61 bits per heavy atom. The van der Waals surface area contributed by atoms with E-state index in [4.69, 9.17) is 11.6 Å². The molecule has 0 saturated heterocycles. The summed E-state index contributed by atoms with van der Waals surface area (Å²) in [7, 11) is 1.79. The number of halogens is 1. The molecule has 0 fully saturated rings. The molecule has 0 saturated carbocycles. The van der Waals surface area contributed by atoms with E-state index in [0.717, 1.165) is 17.0 Å². The highest BCUT2D eigenvalue weighted by Gasteiger charge is 2.18. The summed E-state index contributed by atoms with van der Waals surface area (Å²) in [5.74, 6) is 0.628. The molecule has 1 unspecified atom stereocenters. The van der Waals surface area contributed by atoms with Crippen LogP contribution in [0, 0.1) is 0 Å². The molecule has 2 N–H and O–H groups in total. The summed E-state index contributed by atoms with van der Waals surface area (Å²) >= 11 is 5.91. The lowest BCUT2D eigenvalue weighted by atomic mass is 10.2. The van der Waals surface area contributed by atoms with Crippen LogP contribution in [0.25, 0.3) is 10.9 Å². The summed E-state index contributed by atoms with van der Waals surface area (Å²) in [5.41, 5.74) is 1.55. The molecule has 0 aliphatic carbocycles. The smallest absolute Gasteiger partial charge is 0.277 e. The van der Waals surface area contributed by atoms with Gasteiger partial charge in [0.1, 0.15) is 6.54 Å². The number of para-hydroxylation sites is 1. The number of aromatic nitrogens is 2. The lowest BCUT2D eigenvalue weighted by Gasteiger charge is -2.21. The molecule has 0 radical (unpaired) electrons. The number of nitrogens with zero attached hydrogens (tertiary/aromatic N) is 2. The normalized spacial score (nSPS) is 12.1. The van der Waals surface area contributed by atoms with Crippen LogP contribution in [0.4, 0.5) is 0 Å². The van der Waals surface area contributed by atoms with Crippen molar-refractivity contribution in [3.05, 3.63) is 75.3 Å². The second-order valence-corrected chi connectivity index (χ2v) is 7.30. The lowest BCUT2D eigenvalue weighted by Crippen LogP contribution is -3.11. The monoisotopic (exact) mass is 399 g/mol. The maximum Gasteiger partial charge on any atom is 0.277 e. The fourth-order valence-electron chi connectivity index (χ4n) is 3.07. The fraction of sp³-hybridized carbons (Fsp3) is 0.286. The van der Waals surface area contributed by atoms with Crippen LogP contribution in [0.5, 0.6) is 0 Å². The van der Waals surface area contributed by atoms with E-state index in [9.17, 15) is 9.59 Å². The Morgan fingerprint density at radius 1 is 1.18 bits per heavy atom. The first-order valence-corrected chi connectivity index (χ1v) is 9.64. The zero-order chi connectivity index (χ0) is 20.1. The molecule has 1 atom stereocenters.